The van der Waals surface area contributed by atoms with Gasteiger partial charge in [-0.05, 0) is 32.4 Å². The van der Waals surface area contributed by atoms with Crippen LogP contribution in [0.4, 0.5) is 0 Å². The molecule has 1 aromatic heterocycles. The number of hydrogen-bond donors (Lipinski definition) is 4. The highest BCUT2D eigenvalue weighted by Crippen LogP contribution is 2.36. The minimum atomic E-state index is -0.553. The summed E-state index contributed by atoms with van der Waals surface area (Å²) in [6.45, 7) is 3.81. The fraction of sp³-hybridized carbons (Fsp3) is 0.150. The number of rotatable bonds is 3. The highest BCUT2D eigenvalue weighted by Gasteiger charge is 2.20. The molecule has 4 N–H and O–H groups in total. The van der Waals surface area contributed by atoms with E-state index in [1.54, 1.807) is 0 Å². The van der Waals surface area contributed by atoms with Crippen LogP contribution in [-0.4, -0.2) is 20.4 Å². The fourth-order valence-electron chi connectivity index (χ4n) is 2.76. The number of phenols is 4. The maximum Gasteiger partial charge on any atom is 0.204 e. The molecule has 0 radical (unpaired) electrons. The topological polar surface area (TPSA) is 111 Å². The van der Waals surface area contributed by atoms with Crippen LogP contribution in [0.5, 0.6) is 23.0 Å². The Morgan fingerprint density at radius 1 is 1.00 bits per heavy atom. The van der Waals surface area contributed by atoms with Crippen LogP contribution in [-0.2, 0) is 6.42 Å². The minimum Gasteiger partial charge on any atom is -0.508 e. The molecule has 0 aliphatic carbocycles. The van der Waals surface area contributed by atoms with Gasteiger partial charge in [0.15, 0.2) is 0 Å². The SMILES string of the molecule is CC(C)=CCc1c(O)cc(O)c2c(=O)c(-c3ccc(O)cc3O)coc12. The third-order valence-corrected chi connectivity index (χ3v) is 4.09. The normalized spacial score (nSPS) is 10.8. The molecular weight excluding hydrogens is 336 g/mol. The number of hydrogen-bond acceptors (Lipinski definition) is 6. The molecule has 6 nitrogen and oxygen atoms in total. The molecule has 0 saturated carbocycles. The molecule has 0 atom stereocenters. The fourth-order valence-corrected chi connectivity index (χ4v) is 2.76. The maximum absolute atomic E-state index is 12.9. The van der Waals surface area contributed by atoms with Crippen molar-refractivity contribution >= 4 is 11.0 Å². The Morgan fingerprint density at radius 2 is 1.73 bits per heavy atom. The van der Waals surface area contributed by atoms with Gasteiger partial charge in [-0.25, -0.2) is 0 Å². The summed E-state index contributed by atoms with van der Waals surface area (Å²) in [5.74, 6) is -1.02. The van der Waals surface area contributed by atoms with Crippen molar-refractivity contribution in [1.82, 2.24) is 0 Å². The summed E-state index contributed by atoms with van der Waals surface area (Å²) in [5.41, 5.74) is 1.15. The zero-order valence-electron chi connectivity index (χ0n) is 14.3. The predicted molar refractivity (Wildman–Crippen MR) is 97.7 cm³/mol. The van der Waals surface area contributed by atoms with Gasteiger partial charge >= 0.3 is 0 Å². The van der Waals surface area contributed by atoms with Crippen molar-refractivity contribution in [2.24, 2.45) is 0 Å². The Balaban J connectivity index is 2.30. The van der Waals surface area contributed by atoms with Gasteiger partial charge in [0.25, 0.3) is 0 Å². The van der Waals surface area contributed by atoms with Crippen molar-refractivity contribution in [2.45, 2.75) is 20.3 Å². The summed E-state index contributed by atoms with van der Waals surface area (Å²) in [6.07, 6.45) is 3.37. The Bertz CT molecular complexity index is 1090. The van der Waals surface area contributed by atoms with E-state index < -0.39 is 11.2 Å². The molecular formula is C20H18O6. The van der Waals surface area contributed by atoms with E-state index in [9.17, 15) is 25.2 Å². The first kappa shape index (κ1) is 17.4. The van der Waals surface area contributed by atoms with Crippen LogP contribution in [0.25, 0.3) is 22.1 Å². The van der Waals surface area contributed by atoms with Gasteiger partial charge in [0.2, 0.25) is 5.43 Å². The third kappa shape index (κ3) is 2.97. The molecule has 0 fully saturated rings. The van der Waals surface area contributed by atoms with Crippen molar-refractivity contribution in [2.75, 3.05) is 0 Å². The highest BCUT2D eigenvalue weighted by molar-refractivity contribution is 5.91. The van der Waals surface area contributed by atoms with Crippen LogP contribution in [0.2, 0.25) is 0 Å². The molecule has 0 unspecified atom stereocenters. The molecule has 0 aliphatic heterocycles. The number of aromatic hydroxyl groups is 4. The lowest BCUT2D eigenvalue weighted by molar-refractivity contribution is 0.446. The van der Waals surface area contributed by atoms with Gasteiger partial charge in [0, 0.05) is 23.3 Å². The Labute approximate surface area is 148 Å². The molecule has 6 heteroatoms. The largest absolute Gasteiger partial charge is 0.508 e. The monoisotopic (exact) mass is 354 g/mol. The van der Waals surface area contributed by atoms with E-state index in [-0.39, 0.29) is 39.3 Å². The van der Waals surface area contributed by atoms with E-state index in [0.29, 0.717) is 12.0 Å². The first-order valence-corrected chi connectivity index (χ1v) is 7.94. The van der Waals surface area contributed by atoms with E-state index in [4.69, 9.17) is 4.42 Å². The zero-order chi connectivity index (χ0) is 19.0. The molecule has 2 aromatic carbocycles. The van der Waals surface area contributed by atoms with E-state index in [1.807, 2.05) is 19.9 Å². The smallest absolute Gasteiger partial charge is 0.204 e. The van der Waals surface area contributed by atoms with Crippen LogP contribution in [0.3, 0.4) is 0 Å². The van der Waals surface area contributed by atoms with Gasteiger partial charge in [-0.2, -0.15) is 0 Å². The van der Waals surface area contributed by atoms with Gasteiger partial charge in [-0.3, -0.25) is 4.79 Å². The van der Waals surface area contributed by atoms with Crippen molar-refractivity contribution in [3.05, 3.63) is 58.0 Å². The molecule has 0 amide bonds. The summed E-state index contributed by atoms with van der Waals surface area (Å²) in [7, 11) is 0. The Morgan fingerprint density at radius 3 is 2.38 bits per heavy atom. The van der Waals surface area contributed by atoms with Crippen molar-refractivity contribution in [1.29, 1.82) is 0 Å². The second kappa shape index (κ2) is 6.48. The van der Waals surface area contributed by atoms with E-state index in [1.165, 1.54) is 18.4 Å². The second-order valence-corrected chi connectivity index (χ2v) is 6.26. The van der Waals surface area contributed by atoms with Crippen LogP contribution in [0.1, 0.15) is 19.4 Å². The Kier molecular flexibility index (Phi) is 4.34. The molecule has 0 saturated heterocycles. The second-order valence-electron chi connectivity index (χ2n) is 6.26. The first-order chi connectivity index (χ1) is 12.3. The van der Waals surface area contributed by atoms with Crippen molar-refractivity contribution in [3.63, 3.8) is 0 Å². The lowest BCUT2D eigenvalue weighted by atomic mass is 10.0. The van der Waals surface area contributed by atoms with Gasteiger partial charge in [0.1, 0.15) is 40.2 Å². The van der Waals surface area contributed by atoms with Crippen LogP contribution in [0, 0.1) is 0 Å². The van der Waals surface area contributed by atoms with Crippen molar-refractivity contribution in [3.8, 4) is 34.1 Å². The molecule has 134 valence electrons. The van der Waals surface area contributed by atoms with E-state index in [2.05, 4.69) is 0 Å². The van der Waals surface area contributed by atoms with Crippen molar-refractivity contribution < 1.29 is 24.8 Å². The molecule has 0 spiro atoms. The minimum absolute atomic E-state index is 0.0316. The van der Waals surface area contributed by atoms with Gasteiger partial charge < -0.3 is 24.8 Å². The molecule has 0 aliphatic rings. The summed E-state index contributed by atoms with van der Waals surface area (Å²) >= 11 is 0. The molecule has 1 heterocycles. The van der Waals surface area contributed by atoms with Gasteiger partial charge in [0.05, 0.1) is 5.56 Å². The van der Waals surface area contributed by atoms with E-state index >= 15 is 0 Å². The number of benzene rings is 2. The van der Waals surface area contributed by atoms with Crippen LogP contribution in [0.15, 0.2) is 51.4 Å². The summed E-state index contributed by atoms with van der Waals surface area (Å²) in [4.78, 5) is 12.9. The quantitative estimate of drug-likeness (QED) is 0.533. The number of phenolic OH excluding ortho intramolecular Hbond substituents is 4. The first-order valence-electron chi connectivity index (χ1n) is 7.94. The zero-order valence-corrected chi connectivity index (χ0v) is 14.3. The molecule has 26 heavy (non-hydrogen) atoms. The average Bonchev–Trinajstić information content (AvgIpc) is 2.55. The lowest BCUT2D eigenvalue weighted by Gasteiger charge is -2.10. The van der Waals surface area contributed by atoms with Gasteiger partial charge in [-0.15, -0.1) is 0 Å². The third-order valence-electron chi connectivity index (χ3n) is 4.09. The lowest BCUT2D eigenvalue weighted by Crippen LogP contribution is -2.06. The molecule has 3 aromatic rings. The standard InChI is InChI=1S/C20H18O6/c1-10(2)3-5-13-16(23)8-17(24)18-19(25)14(9-26-20(13)18)12-6-4-11(21)7-15(12)22/h3-4,6-9,21-24H,5H2,1-2H3. The molecule has 0 bridgehead atoms. The maximum atomic E-state index is 12.9. The van der Waals surface area contributed by atoms with E-state index in [0.717, 1.165) is 17.7 Å². The highest BCUT2D eigenvalue weighted by atomic mass is 16.3. The molecule has 3 rings (SSSR count). The summed E-state index contributed by atoms with van der Waals surface area (Å²) in [6, 6.07) is 4.92. The van der Waals surface area contributed by atoms with Crippen LogP contribution < -0.4 is 5.43 Å². The number of fused-ring (bicyclic) bond motifs is 1. The predicted octanol–water partition coefficient (Wildman–Crippen LogP) is 3.79. The average molecular weight is 354 g/mol. The summed E-state index contributed by atoms with van der Waals surface area (Å²) in [5, 5.41) is 39.6. The van der Waals surface area contributed by atoms with Crippen LogP contribution >= 0.6 is 0 Å². The van der Waals surface area contributed by atoms with Gasteiger partial charge in [-0.1, -0.05) is 11.6 Å². The summed E-state index contributed by atoms with van der Waals surface area (Å²) < 4.78 is 5.57. The number of allylic oxidation sites excluding steroid dienone is 2. The Hall–Kier alpha value is -3.41.